The average Bonchev–Trinajstić information content (AvgIpc) is 2.32. The van der Waals surface area contributed by atoms with Crippen LogP contribution in [0.2, 0.25) is 0 Å². The molecular formula is C8H7ClF6N2O4S2. The number of sulfonamides is 2. The van der Waals surface area contributed by atoms with Crippen molar-refractivity contribution in [1.29, 1.82) is 0 Å². The number of nitrogens with zero attached hydrogens (tertiary/aromatic N) is 2. The molecule has 0 unspecified atom stereocenters. The molecule has 0 heterocycles. The molecule has 0 aliphatic rings. The lowest BCUT2D eigenvalue weighted by molar-refractivity contribution is -0.0520. The van der Waals surface area contributed by atoms with Gasteiger partial charge in [0.2, 0.25) is 0 Å². The van der Waals surface area contributed by atoms with Crippen LogP contribution in [0.1, 0.15) is 6.92 Å². The third-order valence-electron chi connectivity index (χ3n) is 1.85. The fourth-order valence-electron chi connectivity index (χ4n) is 0.853. The summed E-state index contributed by atoms with van der Waals surface area (Å²) in [6.07, 6.45) is 1.49. The first-order valence-corrected chi connectivity index (χ1v) is 8.23. The van der Waals surface area contributed by atoms with Crippen LogP contribution in [-0.2, 0) is 20.0 Å². The Morgan fingerprint density at radius 3 is 1.65 bits per heavy atom. The molecule has 0 atom stereocenters. The highest BCUT2D eigenvalue weighted by atomic mass is 35.5. The summed E-state index contributed by atoms with van der Waals surface area (Å²) in [5, 5.41) is -0.333. The second kappa shape index (κ2) is 6.68. The maximum absolute atomic E-state index is 12.4. The van der Waals surface area contributed by atoms with Crippen molar-refractivity contribution >= 4 is 37.9 Å². The molecule has 134 valence electrons. The molecule has 0 amide bonds. The normalized spacial score (nSPS) is 15.0. The Kier molecular flexibility index (Phi) is 6.31. The van der Waals surface area contributed by atoms with Gasteiger partial charge < -0.3 is 0 Å². The molecule has 0 aliphatic carbocycles. The van der Waals surface area contributed by atoms with E-state index >= 15 is 0 Å². The molecular weight excluding hydrogens is 402 g/mol. The van der Waals surface area contributed by atoms with E-state index in [0.29, 0.717) is 6.21 Å². The molecule has 0 saturated heterocycles. The van der Waals surface area contributed by atoms with Gasteiger partial charge in [0.1, 0.15) is 0 Å². The van der Waals surface area contributed by atoms with Crippen LogP contribution >= 0.6 is 11.6 Å². The summed E-state index contributed by atoms with van der Waals surface area (Å²) >= 11 is 5.33. The molecule has 0 rings (SSSR count). The zero-order valence-electron chi connectivity index (χ0n) is 10.9. The van der Waals surface area contributed by atoms with Crippen molar-refractivity contribution in [3.8, 4) is 0 Å². The summed E-state index contributed by atoms with van der Waals surface area (Å²) in [5.74, 6) is -1.88. The third kappa shape index (κ3) is 4.60. The van der Waals surface area contributed by atoms with Crippen molar-refractivity contribution in [2.45, 2.75) is 17.9 Å². The number of aliphatic imine (C=N–C) groups is 1. The lowest BCUT2D eigenvalue weighted by Gasteiger charge is -2.24. The van der Waals surface area contributed by atoms with Gasteiger partial charge in [0.05, 0.1) is 5.03 Å². The zero-order chi connectivity index (χ0) is 18.9. The van der Waals surface area contributed by atoms with Crippen molar-refractivity contribution in [3.63, 3.8) is 0 Å². The molecule has 0 aromatic heterocycles. The zero-order valence-corrected chi connectivity index (χ0v) is 13.2. The summed E-state index contributed by atoms with van der Waals surface area (Å²) in [4.78, 5) is 2.80. The Hall–Kier alpha value is -1.28. The molecule has 0 fully saturated rings. The van der Waals surface area contributed by atoms with Crippen LogP contribution in [0.15, 0.2) is 28.5 Å². The van der Waals surface area contributed by atoms with Gasteiger partial charge >= 0.3 is 31.1 Å². The highest BCUT2D eigenvalue weighted by molar-refractivity contribution is 8.05. The number of alkyl halides is 6. The van der Waals surface area contributed by atoms with E-state index in [1.165, 1.54) is 6.92 Å². The second-order valence-corrected chi connectivity index (χ2v) is 7.67. The van der Waals surface area contributed by atoms with Crippen molar-refractivity contribution in [3.05, 3.63) is 23.5 Å². The Morgan fingerprint density at radius 2 is 1.39 bits per heavy atom. The highest BCUT2D eigenvalue weighted by Crippen LogP contribution is 2.37. The van der Waals surface area contributed by atoms with Gasteiger partial charge in [-0.3, -0.25) is 0 Å². The largest absolute Gasteiger partial charge is 0.517 e. The first-order chi connectivity index (χ1) is 10.00. The summed E-state index contributed by atoms with van der Waals surface area (Å²) in [7, 11) is -14.0. The van der Waals surface area contributed by atoms with Crippen LogP contribution < -0.4 is 0 Å². The van der Waals surface area contributed by atoms with Crippen molar-refractivity contribution in [2.75, 3.05) is 0 Å². The first kappa shape index (κ1) is 21.7. The van der Waals surface area contributed by atoms with E-state index < -0.39 is 40.6 Å². The van der Waals surface area contributed by atoms with Crippen LogP contribution in [0.5, 0.6) is 0 Å². The Labute approximate surface area is 131 Å². The molecule has 0 aliphatic heterocycles. The average molecular weight is 409 g/mol. The summed E-state index contributed by atoms with van der Waals surface area (Å²) in [5.41, 5.74) is -12.7. The maximum Gasteiger partial charge on any atom is 0.517 e. The van der Waals surface area contributed by atoms with E-state index in [0.717, 1.165) is 6.08 Å². The van der Waals surface area contributed by atoms with E-state index in [4.69, 9.17) is 11.6 Å². The minimum Gasteiger partial charge on any atom is -0.236 e. The van der Waals surface area contributed by atoms with Gasteiger partial charge in [0, 0.05) is 6.21 Å². The second-order valence-electron chi connectivity index (χ2n) is 3.45. The standard InChI is InChI=1S/C8H7ClF6N2O4S2/c1-3-6(9)4-16-5(2)17(22(18,19)7(10,11)12)23(20,21)8(13,14)15/h3-4H,2H2,1H3/b6-3+,16-4-. The van der Waals surface area contributed by atoms with Gasteiger partial charge in [-0.2, -0.15) is 43.2 Å². The maximum atomic E-state index is 12.4. The fraction of sp³-hybridized carbons (Fsp3) is 0.375. The Bertz CT molecular complexity index is 692. The molecule has 0 aromatic rings. The molecule has 0 spiro atoms. The first-order valence-electron chi connectivity index (χ1n) is 4.98. The topological polar surface area (TPSA) is 83.9 Å². The van der Waals surface area contributed by atoms with E-state index in [2.05, 4.69) is 11.6 Å². The van der Waals surface area contributed by atoms with E-state index in [-0.39, 0.29) is 5.03 Å². The predicted octanol–water partition coefficient (Wildman–Crippen LogP) is 2.67. The van der Waals surface area contributed by atoms with Gasteiger partial charge in [-0.05, 0) is 6.92 Å². The molecule has 0 radical (unpaired) electrons. The lowest BCUT2D eigenvalue weighted by Crippen LogP contribution is -2.48. The molecule has 0 saturated carbocycles. The molecule has 0 bridgehead atoms. The van der Waals surface area contributed by atoms with Crippen LogP contribution in [0.4, 0.5) is 26.3 Å². The van der Waals surface area contributed by atoms with E-state index in [1.807, 2.05) is 0 Å². The molecule has 15 heteroatoms. The van der Waals surface area contributed by atoms with Crippen LogP contribution in [0.3, 0.4) is 0 Å². The minimum atomic E-state index is -6.98. The van der Waals surface area contributed by atoms with E-state index in [1.54, 1.807) is 0 Å². The monoisotopic (exact) mass is 408 g/mol. The highest BCUT2D eigenvalue weighted by Gasteiger charge is 2.62. The van der Waals surface area contributed by atoms with E-state index in [9.17, 15) is 43.2 Å². The summed E-state index contributed by atoms with van der Waals surface area (Å²) in [6, 6.07) is 0. The number of hydrogen-bond acceptors (Lipinski definition) is 5. The lowest BCUT2D eigenvalue weighted by atomic mass is 10.5. The fourth-order valence-corrected chi connectivity index (χ4v) is 3.47. The molecule has 0 aromatic carbocycles. The predicted molar refractivity (Wildman–Crippen MR) is 69.0 cm³/mol. The van der Waals surface area contributed by atoms with Crippen molar-refractivity contribution in [1.82, 2.24) is 3.71 Å². The van der Waals surface area contributed by atoms with Crippen LogP contribution in [0, 0.1) is 0 Å². The SMILES string of the molecule is C=C(/N=C\C(Cl)=C/C)N(S(=O)(=O)C(F)(F)F)S(=O)(=O)C(F)(F)F. The van der Waals surface area contributed by atoms with Crippen molar-refractivity contribution < 1.29 is 43.2 Å². The Balaban J connectivity index is 6.41. The van der Waals surface area contributed by atoms with Crippen LogP contribution in [-0.4, -0.2) is 37.8 Å². The molecule has 23 heavy (non-hydrogen) atoms. The quantitative estimate of drug-likeness (QED) is 0.517. The van der Waals surface area contributed by atoms with Gasteiger partial charge in [0.15, 0.2) is 5.82 Å². The number of hydrogen-bond donors (Lipinski definition) is 0. The summed E-state index contributed by atoms with van der Waals surface area (Å²) < 4.78 is 117. The molecule has 6 nitrogen and oxygen atoms in total. The van der Waals surface area contributed by atoms with Gasteiger partial charge in [-0.15, -0.1) is 3.71 Å². The number of halogens is 7. The Morgan fingerprint density at radius 1 is 1.04 bits per heavy atom. The smallest absolute Gasteiger partial charge is 0.236 e. The van der Waals surface area contributed by atoms with Crippen LogP contribution in [0.25, 0.3) is 0 Å². The number of allylic oxidation sites excluding steroid dienone is 2. The van der Waals surface area contributed by atoms with Crippen molar-refractivity contribution in [2.24, 2.45) is 4.99 Å². The van der Waals surface area contributed by atoms with Gasteiger partial charge in [0.25, 0.3) is 0 Å². The third-order valence-corrected chi connectivity index (χ3v) is 5.80. The van der Waals surface area contributed by atoms with Gasteiger partial charge in [-0.1, -0.05) is 24.3 Å². The minimum absolute atomic E-state index is 0.333. The summed E-state index contributed by atoms with van der Waals surface area (Å²) in [6.45, 7) is 3.80. The molecule has 0 N–H and O–H groups in total. The van der Waals surface area contributed by atoms with Gasteiger partial charge in [-0.25, -0.2) is 4.99 Å². The number of rotatable bonds is 5.